The van der Waals surface area contributed by atoms with Crippen LogP contribution in [0.15, 0.2) is 30.8 Å². The number of hydrogen-bond acceptors (Lipinski definition) is 1. The van der Waals surface area contributed by atoms with E-state index in [1.165, 1.54) is 0 Å². The molecule has 0 saturated carbocycles. The second kappa shape index (κ2) is 12.3. The van der Waals surface area contributed by atoms with Crippen LogP contribution in [0.1, 0.15) is 68.7 Å². The first-order chi connectivity index (χ1) is 17.6. The molecule has 0 aliphatic carbocycles. The molecule has 6 heteroatoms. The Kier molecular flexibility index (Phi) is 9.58. The summed E-state index contributed by atoms with van der Waals surface area (Å²) in [5.41, 5.74) is 2.72. The molecule has 1 nitrogen and oxygen atoms in total. The molecule has 1 atom stereocenters. The quantitative estimate of drug-likeness (QED) is 0.144. The van der Waals surface area contributed by atoms with Crippen molar-refractivity contribution in [1.29, 1.82) is 0 Å². The van der Waals surface area contributed by atoms with Crippen molar-refractivity contribution in [3.8, 4) is 28.0 Å². The van der Waals surface area contributed by atoms with E-state index in [1.807, 2.05) is 31.2 Å². The summed E-state index contributed by atoms with van der Waals surface area (Å²) in [5, 5.41) is 0.796. The minimum atomic E-state index is -1.40. The van der Waals surface area contributed by atoms with Gasteiger partial charge in [0.2, 0.25) is 0 Å². The van der Waals surface area contributed by atoms with Gasteiger partial charge in [-0.25, -0.2) is 17.6 Å². The van der Waals surface area contributed by atoms with E-state index in [9.17, 15) is 0 Å². The molecule has 0 amide bonds. The van der Waals surface area contributed by atoms with Crippen molar-refractivity contribution < 1.29 is 22.3 Å². The van der Waals surface area contributed by atoms with Gasteiger partial charge < -0.3 is 4.74 Å². The van der Waals surface area contributed by atoms with E-state index in [4.69, 9.17) is 4.74 Å². The smallest absolute Gasteiger partial charge is 0.170 e. The Labute approximate surface area is 220 Å². The largest absolute Gasteiger partial charge is 0.496 e. The molecule has 0 fully saturated rings. The molecule has 0 aliphatic heterocycles. The Morgan fingerprint density at radius 1 is 0.838 bits per heavy atom. The van der Waals surface area contributed by atoms with Gasteiger partial charge in [0, 0.05) is 5.30 Å². The summed E-state index contributed by atoms with van der Waals surface area (Å²) < 4.78 is 67.6. The topological polar surface area (TPSA) is 9.23 Å². The Bertz CT molecular complexity index is 1300. The molecule has 0 aromatic heterocycles. The zero-order chi connectivity index (χ0) is 27.4. The molecular weight excluding hydrogens is 495 g/mol. The Morgan fingerprint density at radius 2 is 1.41 bits per heavy atom. The number of hydrogen-bond donors (Lipinski definition) is 0. The lowest BCUT2D eigenvalue weighted by atomic mass is 9.82. The molecule has 0 aliphatic rings. The van der Waals surface area contributed by atoms with Gasteiger partial charge in [-0.1, -0.05) is 64.8 Å². The van der Waals surface area contributed by atoms with E-state index in [0.29, 0.717) is 36.1 Å². The van der Waals surface area contributed by atoms with Gasteiger partial charge in [-0.3, -0.25) is 0 Å². The minimum absolute atomic E-state index is 0.0374. The van der Waals surface area contributed by atoms with Crippen LogP contribution in [-0.4, -0.2) is 7.11 Å². The standard InChI is InChI=1S/C31H35F4OP/c1-7-11-17(4)23-27(32)29(34)26(30(35)28(23)33)25-18(5)24(19(12-8-2)16-20(25)13-9-3)21-14-10-15-22(36-6)31(21)37/h10,14-16H,4,7-9,11-13,37H2,1-3,5-6H3. The van der Waals surface area contributed by atoms with Crippen LogP contribution in [0, 0.1) is 30.2 Å². The lowest BCUT2D eigenvalue weighted by Crippen LogP contribution is -2.11. The summed E-state index contributed by atoms with van der Waals surface area (Å²) in [6.07, 6.45) is 3.57. The van der Waals surface area contributed by atoms with Crippen LogP contribution in [0.5, 0.6) is 5.75 Å². The fraction of sp³-hybridized carbons (Fsp3) is 0.355. The molecule has 3 rings (SSSR count). The molecule has 198 valence electrons. The summed E-state index contributed by atoms with van der Waals surface area (Å²) in [5.74, 6) is -4.94. The average Bonchev–Trinajstić information content (AvgIpc) is 2.86. The van der Waals surface area contributed by atoms with Crippen LogP contribution in [0.4, 0.5) is 17.6 Å². The van der Waals surface area contributed by atoms with Gasteiger partial charge in [0.15, 0.2) is 23.3 Å². The van der Waals surface area contributed by atoms with Crippen molar-refractivity contribution in [2.24, 2.45) is 0 Å². The number of benzene rings is 3. The predicted molar refractivity (Wildman–Crippen MR) is 150 cm³/mol. The number of allylic oxidation sites excluding steroid dienone is 1. The summed E-state index contributed by atoms with van der Waals surface area (Å²) >= 11 is 0. The highest BCUT2D eigenvalue weighted by Crippen LogP contribution is 2.43. The van der Waals surface area contributed by atoms with E-state index < -0.39 is 34.4 Å². The molecule has 3 aromatic rings. The highest BCUT2D eigenvalue weighted by atomic mass is 31.0. The van der Waals surface area contributed by atoms with Crippen molar-refractivity contribution >= 4 is 20.1 Å². The van der Waals surface area contributed by atoms with Crippen molar-refractivity contribution in [1.82, 2.24) is 0 Å². The first-order valence-corrected chi connectivity index (χ1v) is 13.3. The predicted octanol–water partition coefficient (Wildman–Crippen LogP) is 9.11. The van der Waals surface area contributed by atoms with Crippen molar-refractivity contribution in [3.05, 3.63) is 76.4 Å². The fourth-order valence-electron chi connectivity index (χ4n) is 5.15. The average molecular weight is 531 g/mol. The molecule has 0 saturated heterocycles. The van der Waals surface area contributed by atoms with E-state index in [-0.39, 0.29) is 17.6 Å². The monoisotopic (exact) mass is 530 g/mol. The Morgan fingerprint density at radius 3 is 1.92 bits per heavy atom. The zero-order valence-corrected chi connectivity index (χ0v) is 23.4. The van der Waals surface area contributed by atoms with E-state index >= 15 is 17.6 Å². The molecule has 0 heterocycles. The fourth-order valence-corrected chi connectivity index (χ4v) is 5.60. The summed E-state index contributed by atoms with van der Waals surface area (Å²) in [6.45, 7) is 11.3. The van der Waals surface area contributed by atoms with E-state index in [2.05, 4.69) is 22.7 Å². The highest BCUT2D eigenvalue weighted by Gasteiger charge is 2.30. The number of aryl methyl sites for hydroxylation is 2. The first kappa shape index (κ1) is 28.9. The number of ether oxygens (including phenoxy) is 1. The maximum atomic E-state index is 15.7. The SMILES string of the molecule is C=C(CCC)c1c(F)c(F)c(-c2c(CCC)cc(CCC)c(-c3cccc(OC)c3P)c2C)c(F)c1F. The molecule has 0 N–H and O–H groups in total. The van der Waals surface area contributed by atoms with Crippen LogP contribution in [-0.2, 0) is 12.8 Å². The third-order valence-corrected chi connectivity index (χ3v) is 7.35. The van der Waals surface area contributed by atoms with Gasteiger partial charge in [0.1, 0.15) is 5.75 Å². The maximum absolute atomic E-state index is 15.7. The Balaban J connectivity index is 2.48. The summed E-state index contributed by atoms with van der Waals surface area (Å²) in [6, 6.07) is 7.54. The third kappa shape index (κ3) is 5.34. The van der Waals surface area contributed by atoms with Crippen LogP contribution < -0.4 is 10.0 Å². The second-order valence-electron chi connectivity index (χ2n) is 9.35. The molecule has 37 heavy (non-hydrogen) atoms. The first-order valence-electron chi connectivity index (χ1n) is 12.8. The van der Waals surface area contributed by atoms with E-state index in [1.54, 1.807) is 21.0 Å². The van der Waals surface area contributed by atoms with Crippen molar-refractivity contribution in [3.63, 3.8) is 0 Å². The third-order valence-electron chi connectivity index (χ3n) is 6.75. The second-order valence-corrected chi connectivity index (χ2v) is 9.93. The number of halogens is 4. The normalized spacial score (nSPS) is 11.2. The lowest BCUT2D eigenvalue weighted by molar-refractivity contribution is 0.418. The van der Waals surface area contributed by atoms with Crippen molar-refractivity contribution in [2.75, 3.05) is 7.11 Å². The van der Waals surface area contributed by atoms with Crippen LogP contribution in [0.3, 0.4) is 0 Å². The summed E-state index contributed by atoms with van der Waals surface area (Å²) in [7, 11) is 4.25. The van der Waals surface area contributed by atoms with Crippen LogP contribution in [0.25, 0.3) is 27.8 Å². The molecular formula is C31H35F4OP. The van der Waals surface area contributed by atoms with Gasteiger partial charge in [0.05, 0.1) is 18.2 Å². The molecule has 3 aromatic carbocycles. The Hall–Kier alpha value is -2.65. The van der Waals surface area contributed by atoms with Gasteiger partial charge in [0.25, 0.3) is 0 Å². The maximum Gasteiger partial charge on any atom is 0.170 e. The van der Waals surface area contributed by atoms with Gasteiger partial charge in [-0.15, -0.1) is 9.24 Å². The molecule has 0 spiro atoms. The molecule has 0 bridgehead atoms. The molecule has 0 radical (unpaired) electrons. The number of methoxy groups -OCH3 is 1. The number of rotatable bonds is 10. The lowest BCUT2D eigenvalue weighted by Gasteiger charge is -2.24. The van der Waals surface area contributed by atoms with E-state index in [0.717, 1.165) is 34.8 Å². The van der Waals surface area contributed by atoms with Gasteiger partial charge in [-0.2, -0.15) is 0 Å². The van der Waals surface area contributed by atoms with Crippen LogP contribution in [0.2, 0.25) is 0 Å². The minimum Gasteiger partial charge on any atom is -0.496 e. The summed E-state index contributed by atoms with van der Waals surface area (Å²) in [4.78, 5) is 0. The van der Waals surface area contributed by atoms with Crippen LogP contribution >= 0.6 is 9.24 Å². The molecule has 1 unspecified atom stereocenters. The zero-order valence-electron chi connectivity index (χ0n) is 22.3. The highest BCUT2D eigenvalue weighted by molar-refractivity contribution is 7.28. The van der Waals surface area contributed by atoms with Gasteiger partial charge in [-0.05, 0) is 71.2 Å². The van der Waals surface area contributed by atoms with Crippen molar-refractivity contribution in [2.45, 2.75) is 66.2 Å². The van der Waals surface area contributed by atoms with Gasteiger partial charge >= 0.3 is 0 Å².